The molecule has 0 aliphatic heterocycles. The predicted molar refractivity (Wildman–Crippen MR) is 71.2 cm³/mol. The van der Waals surface area contributed by atoms with Gasteiger partial charge in [0, 0.05) is 12.0 Å². The van der Waals surface area contributed by atoms with Crippen LogP contribution in [0.15, 0.2) is 30.3 Å². The average Bonchev–Trinajstić information content (AvgIpc) is 2.44. The summed E-state index contributed by atoms with van der Waals surface area (Å²) in [6, 6.07) is 7.42. The van der Waals surface area contributed by atoms with Crippen LogP contribution < -0.4 is 5.32 Å². The molecule has 0 fully saturated rings. The van der Waals surface area contributed by atoms with Crippen molar-refractivity contribution in [3.8, 4) is 0 Å². The third-order valence-electron chi connectivity index (χ3n) is 2.56. The van der Waals surface area contributed by atoms with E-state index in [-0.39, 0.29) is 19.4 Å². The second-order valence-electron chi connectivity index (χ2n) is 4.08. The van der Waals surface area contributed by atoms with Gasteiger partial charge in [0.25, 0.3) is 5.91 Å². The van der Waals surface area contributed by atoms with Gasteiger partial charge in [0.05, 0.1) is 6.61 Å². The second-order valence-corrected chi connectivity index (χ2v) is 4.08. The molecule has 6 nitrogen and oxygen atoms in total. The van der Waals surface area contributed by atoms with E-state index in [1.54, 1.807) is 37.3 Å². The van der Waals surface area contributed by atoms with Crippen LogP contribution in [0.4, 0.5) is 0 Å². The molecule has 0 saturated carbocycles. The Morgan fingerprint density at radius 2 is 1.90 bits per heavy atom. The molecular formula is C14H17NO5. The number of benzene rings is 1. The van der Waals surface area contributed by atoms with Crippen LogP contribution in [0.3, 0.4) is 0 Å². The SMILES string of the molecule is CCOC(=O)[C@H](CCC(=O)O)NC(=O)c1ccccc1. The Balaban J connectivity index is 2.70. The summed E-state index contributed by atoms with van der Waals surface area (Å²) in [6.45, 7) is 1.81. The molecule has 0 aliphatic rings. The summed E-state index contributed by atoms with van der Waals surface area (Å²) >= 11 is 0. The van der Waals surface area contributed by atoms with Crippen molar-refractivity contribution in [3.05, 3.63) is 35.9 Å². The number of aliphatic carboxylic acids is 1. The molecule has 0 saturated heterocycles. The maximum atomic E-state index is 11.9. The largest absolute Gasteiger partial charge is 0.481 e. The molecule has 1 atom stereocenters. The first kappa shape index (κ1) is 15.7. The summed E-state index contributed by atoms with van der Waals surface area (Å²) in [6.07, 6.45) is -0.231. The number of amides is 1. The van der Waals surface area contributed by atoms with Crippen molar-refractivity contribution in [1.82, 2.24) is 5.32 Å². The van der Waals surface area contributed by atoms with Crippen molar-refractivity contribution in [2.45, 2.75) is 25.8 Å². The number of carbonyl (C=O) groups excluding carboxylic acids is 2. The Hall–Kier alpha value is -2.37. The monoisotopic (exact) mass is 279 g/mol. The molecule has 0 spiro atoms. The Morgan fingerprint density at radius 3 is 2.45 bits per heavy atom. The number of nitrogens with one attached hydrogen (secondary N) is 1. The fourth-order valence-electron chi connectivity index (χ4n) is 1.59. The average molecular weight is 279 g/mol. The summed E-state index contributed by atoms with van der Waals surface area (Å²) in [5.41, 5.74) is 0.400. The van der Waals surface area contributed by atoms with E-state index in [2.05, 4.69) is 5.32 Å². The number of esters is 1. The molecule has 1 rings (SSSR count). The standard InChI is InChI=1S/C14H17NO5/c1-2-20-14(19)11(8-9-12(16)17)15-13(18)10-6-4-3-5-7-10/h3-7,11H,2,8-9H2,1H3,(H,15,18)(H,16,17)/t11-/m0/s1. The van der Waals surface area contributed by atoms with Crippen molar-refractivity contribution >= 4 is 17.8 Å². The third kappa shape index (κ3) is 5.09. The van der Waals surface area contributed by atoms with E-state index in [0.29, 0.717) is 5.56 Å². The molecule has 0 aromatic heterocycles. The highest BCUT2D eigenvalue weighted by molar-refractivity contribution is 5.96. The van der Waals surface area contributed by atoms with Crippen molar-refractivity contribution in [1.29, 1.82) is 0 Å². The molecule has 2 N–H and O–H groups in total. The van der Waals surface area contributed by atoms with E-state index in [0.717, 1.165) is 0 Å². The van der Waals surface area contributed by atoms with Crippen molar-refractivity contribution in [3.63, 3.8) is 0 Å². The first-order valence-corrected chi connectivity index (χ1v) is 6.29. The van der Waals surface area contributed by atoms with E-state index in [9.17, 15) is 14.4 Å². The first-order valence-electron chi connectivity index (χ1n) is 6.29. The summed E-state index contributed by atoms with van der Waals surface area (Å²) in [5, 5.41) is 11.2. The zero-order chi connectivity index (χ0) is 15.0. The van der Waals surface area contributed by atoms with Gasteiger partial charge < -0.3 is 15.2 Å². The van der Waals surface area contributed by atoms with Gasteiger partial charge >= 0.3 is 11.9 Å². The smallest absolute Gasteiger partial charge is 0.328 e. The lowest BCUT2D eigenvalue weighted by Gasteiger charge is -2.16. The molecule has 0 heterocycles. The highest BCUT2D eigenvalue weighted by atomic mass is 16.5. The van der Waals surface area contributed by atoms with Gasteiger partial charge in [-0.05, 0) is 25.5 Å². The molecular weight excluding hydrogens is 262 g/mol. The van der Waals surface area contributed by atoms with Gasteiger partial charge in [-0.3, -0.25) is 9.59 Å². The van der Waals surface area contributed by atoms with Gasteiger partial charge in [-0.2, -0.15) is 0 Å². The van der Waals surface area contributed by atoms with Crippen LogP contribution in [0.5, 0.6) is 0 Å². The maximum Gasteiger partial charge on any atom is 0.328 e. The van der Waals surface area contributed by atoms with E-state index >= 15 is 0 Å². The van der Waals surface area contributed by atoms with Crippen LogP contribution in [-0.4, -0.2) is 35.6 Å². The Kier molecular flexibility index (Phi) is 6.22. The van der Waals surface area contributed by atoms with Crippen molar-refractivity contribution in [2.24, 2.45) is 0 Å². The molecule has 20 heavy (non-hydrogen) atoms. The lowest BCUT2D eigenvalue weighted by molar-refractivity contribution is -0.146. The number of carboxylic acids is 1. The summed E-state index contributed by atoms with van der Waals surface area (Å²) < 4.78 is 4.83. The molecule has 1 aromatic carbocycles. The Bertz CT molecular complexity index is 472. The molecule has 1 aromatic rings. The van der Waals surface area contributed by atoms with Crippen molar-refractivity contribution in [2.75, 3.05) is 6.61 Å². The normalized spacial score (nSPS) is 11.4. The third-order valence-corrected chi connectivity index (χ3v) is 2.56. The van der Waals surface area contributed by atoms with Gasteiger partial charge in [-0.1, -0.05) is 18.2 Å². The summed E-state index contributed by atoms with van der Waals surface area (Å²) in [7, 11) is 0. The molecule has 0 bridgehead atoms. The maximum absolute atomic E-state index is 11.9. The number of rotatable bonds is 7. The van der Waals surface area contributed by atoms with Crippen LogP contribution in [0.25, 0.3) is 0 Å². The predicted octanol–water partition coefficient (Wildman–Crippen LogP) is 1.21. The van der Waals surface area contributed by atoms with Gasteiger partial charge in [0.1, 0.15) is 6.04 Å². The second kappa shape index (κ2) is 7.93. The summed E-state index contributed by atoms with van der Waals surface area (Å²) in [5.74, 6) is -2.10. The fourth-order valence-corrected chi connectivity index (χ4v) is 1.59. The highest BCUT2D eigenvalue weighted by Crippen LogP contribution is 2.04. The van der Waals surface area contributed by atoms with Crippen LogP contribution in [0.2, 0.25) is 0 Å². The number of carboxylic acid groups (broad SMARTS) is 1. The molecule has 108 valence electrons. The molecule has 1 amide bonds. The molecule has 0 aliphatic carbocycles. The van der Waals surface area contributed by atoms with E-state index in [1.807, 2.05) is 0 Å². The van der Waals surface area contributed by atoms with Crippen LogP contribution in [0.1, 0.15) is 30.1 Å². The van der Waals surface area contributed by atoms with Gasteiger partial charge in [0.15, 0.2) is 0 Å². The number of hydrogen-bond donors (Lipinski definition) is 2. The van der Waals surface area contributed by atoms with Crippen LogP contribution >= 0.6 is 0 Å². The first-order chi connectivity index (χ1) is 9.54. The van der Waals surface area contributed by atoms with Gasteiger partial charge in [0.2, 0.25) is 0 Å². The Morgan fingerprint density at radius 1 is 1.25 bits per heavy atom. The lowest BCUT2D eigenvalue weighted by atomic mass is 10.1. The molecule has 6 heteroatoms. The van der Waals surface area contributed by atoms with E-state index < -0.39 is 23.9 Å². The van der Waals surface area contributed by atoms with Crippen molar-refractivity contribution < 1.29 is 24.2 Å². The topological polar surface area (TPSA) is 92.7 Å². The minimum absolute atomic E-state index is 0.00720. The van der Waals surface area contributed by atoms with E-state index in [1.165, 1.54) is 0 Å². The van der Waals surface area contributed by atoms with Crippen LogP contribution in [0, 0.1) is 0 Å². The minimum atomic E-state index is -1.03. The van der Waals surface area contributed by atoms with E-state index in [4.69, 9.17) is 9.84 Å². The molecule has 0 unspecified atom stereocenters. The van der Waals surface area contributed by atoms with Crippen LogP contribution in [-0.2, 0) is 14.3 Å². The zero-order valence-electron chi connectivity index (χ0n) is 11.2. The molecule has 0 radical (unpaired) electrons. The van der Waals surface area contributed by atoms with Gasteiger partial charge in [-0.25, -0.2) is 4.79 Å². The number of ether oxygens (including phenoxy) is 1. The Labute approximate surface area is 116 Å². The fraction of sp³-hybridized carbons (Fsp3) is 0.357. The summed E-state index contributed by atoms with van der Waals surface area (Å²) in [4.78, 5) is 34.2. The quantitative estimate of drug-likeness (QED) is 0.732. The van der Waals surface area contributed by atoms with Gasteiger partial charge in [-0.15, -0.1) is 0 Å². The number of carbonyl (C=O) groups is 3. The zero-order valence-corrected chi connectivity index (χ0v) is 11.2. The lowest BCUT2D eigenvalue weighted by Crippen LogP contribution is -2.42. The highest BCUT2D eigenvalue weighted by Gasteiger charge is 2.23. The minimum Gasteiger partial charge on any atom is -0.481 e. The number of hydrogen-bond acceptors (Lipinski definition) is 4.